The van der Waals surface area contributed by atoms with Gasteiger partial charge in [0.1, 0.15) is 0 Å². The predicted octanol–water partition coefficient (Wildman–Crippen LogP) is 3.06. The highest BCUT2D eigenvalue weighted by molar-refractivity contribution is 5.74. The predicted molar refractivity (Wildman–Crippen MR) is 69.4 cm³/mol. The lowest BCUT2D eigenvalue weighted by molar-refractivity contribution is 0.134. The molecule has 16 heavy (non-hydrogen) atoms. The number of allylic oxidation sites excluding steroid dienone is 2. The van der Waals surface area contributed by atoms with Crippen molar-refractivity contribution in [2.75, 3.05) is 0 Å². The summed E-state index contributed by atoms with van der Waals surface area (Å²) in [5.74, 6) is 0. The van der Waals surface area contributed by atoms with E-state index >= 15 is 0 Å². The number of hydrogen-bond donors (Lipinski definition) is 1. The van der Waals surface area contributed by atoms with E-state index in [1.165, 1.54) is 0 Å². The van der Waals surface area contributed by atoms with Crippen molar-refractivity contribution in [3.63, 3.8) is 0 Å². The standard InChI is InChI=1S/C14H17NO/c1-11(2)10-13(14(3,16)15-4)12-8-6-5-7-9-12/h5-10,16H,1,4H2,2-3H3/b13-10-. The first kappa shape index (κ1) is 12.4. The van der Waals surface area contributed by atoms with Crippen LogP contribution >= 0.6 is 0 Å². The van der Waals surface area contributed by atoms with Crippen molar-refractivity contribution in [3.05, 3.63) is 54.1 Å². The Morgan fingerprint density at radius 2 is 1.94 bits per heavy atom. The topological polar surface area (TPSA) is 32.6 Å². The lowest BCUT2D eigenvalue weighted by Gasteiger charge is -2.22. The van der Waals surface area contributed by atoms with Crippen molar-refractivity contribution in [2.45, 2.75) is 19.6 Å². The second-order valence-electron chi connectivity index (χ2n) is 3.95. The van der Waals surface area contributed by atoms with Crippen LogP contribution in [0.5, 0.6) is 0 Å². The first-order valence-corrected chi connectivity index (χ1v) is 5.11. The summed E-state index contributed by atoms with van der Waals surface area (Å²) < 4.78 is 0. The van der Waals surface area contributed by atoms with E-state index in [9.17, 15) is 5.11 Å². The van der Waals surface area contributed by atoms with Gasteiger partial charge in [-0.3, -0.25) is 4.99 Å². The minimum absolute atomic E-state index is 0.704. The molecule has 0 aromatic heterocycles. The van der Waals surface area contributed by atoms with E-state index in [4.69, 9.17) is 0 Å². The molecule has 1 rings (SSSR count). The second kappa shape index (κ2) is 4.90. The van der Waals surface area contributed by atoms with Crippen LogP contribution in [0.2, 0.25) is 0 Å². The average Bonchev–Trinajstić information content (AvgIpc) is 2.27. The van der Waals surface area contributed by atoms with Crippen molar-refractivity contribution < 1.29 is 5.11 Å². The summed E-state index contributed by atoms with van der Waals surface area (Å²) in [6.45, 7) is 10.7. The van der Waals surface area contributed by atoms with Gasteiger partial charge in [0.15, 0.2) is 5.72 Å². The quantitative estimate of drug-likeness (QED) is 0.607. The average molecular weight is 215 g/mol. The van der Waals surface area contributed by atoms with Gasteiger partial charge in [0.2, 0.25) is 0 Å². The van der Waals surface area contributed by atoms with Crippen LogP contribution in [0.4, 0.5) is 0 Å². The molecule has 0 amide bonds. The molecule has 1 N–H and O–H groups in total. The number of rotatable bonds is 4. The van der Waals surface area contributed by atoms with E-state index in [-0.39, 0.29) is 0 Å². The van der Waals surface area contributed by atoms with E-state index in [0.717, 1.165) is 11.1 Å². The molecule has 0 aliphatic carbocycles. The first-order chi connectivity index (χ1) is 7.47. The van der Waals surface area contributed by atoms with Crippen molar-refractivity contribution in [1.29, 1.82) is 0 Å². The summed E-state index contributed by atoms with van der Waals surface area (Å²) >= 11 is 0. The van der Waals surface area contributed by atoms with Crippen LogP contribution in [-0.4, -0.2) is 17.5 Å². The van der Waals surface area contributed by atoms with Crippen LogP contribution < -0.4 is 0 Å². The third kappa shape index (κ3) is 2.91. The number of nitrogens with zero attached hydrogens (tertiary/aromatic N) is 1. The Kier molecular flexibility index (Phi) is 3.80. The number of benzene rings is 1. The number of aliphatic imine (C=N–C) groups is 1. The molecule has 0 aliphatic heterocycles. The molecule has 0 heterocycles. The van der Waals surface area contributed by atoms with Gasteiger partial charge in [0.25, 0.3) is 0 Å². The molecule has 1 unspecified atom stereocenters. The van der Waals surface area contributed by atoms with E-state index in [1.807, 2.05) is 43.3 Å². The molecule has 0 bridgehead atoms. The van der Waals surface area contributed by atoms with E-state index < -0.39 is 5.72 Å². The van der Waals surface area contributed by atoms with Crippen molar-refractivity contribution in [2.24, 2.45) is 4.99 Å². The highest BCUT2D eigenvalue weighted by Crippen LogP contribution is 2.28. The van der Waals surface area contributed by atoms with Crippen LogP contribution in [-0.2, 0) is 0 Å². The molecular formula is C14H17NO. The molecule has 1 aromatic rings. The van der Waals surface area contributed by atoms with Crippen molar-refractivity contribution in [1.82, 2.24) is 0 Å². The highest BCUT2D eigenvalue weighted by Gasteiger charge is 2.24. The first-order valence-electron chi connectivity index (χ1n) is 5.11. The molecule has 0 radical (unpaired) electrons. The molecule has 0 fully saturated rings. The Morgan fingerprint density at radius 1 is 1.38 bits per heavy atom. The van der Waals surface area contributed by atoms with E-state index in [2.05, 4.69) is 18.3 Å². The Morgan fingerprint density at radius 3 is 2.38 bits per heavy atom. The smallest absolute Gasteiger partial charge is 0.179 e. The van der Waals surface area contributed by atoms with Gasteiger partial charge in [-0.25, -0.2) is 0 Å². The van der Waals surface area contributed by atoms with Gasteiger partial charge < -0.3 is 5.11 Å². The Hall–Kier alpha value is -1.67. The summed E-state index contributed by atoms with van der Waals surface area (Å²) in [6, 6.07) is 9.61. The molecule has 2 nitrogen and oxygen atoms in total. The van der Waals surface area contributed by atoms with Crippen LogP contribution in [0, 0.1) is 0 Å². The fourth-order valence-electron chi connectivity index (χ4n) is 1.44. The summed E-state index contributed by atoms with van der Waals surface area (Å²) in [7, 11) is 0. The molecule has 0 saturated carbocycles. The molecule has 0 spiro atoms. The zero-order valence-electron chi connectivity index (χ0n) is 9.77. The number of aliphatic hydroxyl groups is 1. The number of hydrogen-bond acceptors (Lipinski definition) is 2. The zero-order valence-corrected chi connectivity index (χ0v) is 9.77. The normalized spacial score (nSPS) is 15.3. The molecule has 0 aliphatic rings. The SMILES string of the molecule is C=NC(C)(O)/C(=C\C(=C)C)c1ccccc1. The highest BCUT2D eigenvalue weighted by atomic mass is 16.3. The second-order valence-corrected chi connectivity index (χ2v) is 3.95. The molecule has 2 heteroatoms. The fraction of sp³-hybridized carbons (Fsp3) is 0.214. The molecule has 1 atom stereocenters. The van der Waals surface area contributed by atoms with E-state index in [0.29, 0.717) is 5.57 Å². The zero-order chi connectivity index (χ0) is 12.2. The molecule has 0 saturated heterocycles. The Bertz CT molecular complexity index is 416. The third-order valence-corrected chi connectivity index (χ3v) is 2.29. The van der Waals surface area contributed by atoms with Crippen LogP contribution in [0.1, 0.15) is 19.4 Å². The molecular weight excluding hydrogens is 198 g/mol. The minimum Gasteiger partial charge on any atom is -0.366 e. The Labute approximate surface area is 96.7 Å². The fourth-order valence-corrected chi connectivity index (χ4v) is 1.44. The largest absolute Gasteiger partial charge is 0.366 e. The maximum Gasteiger partial charge on any atom is 0.179 e. The summed E-state index contributed by atoms with van der Waals surface area (Å²) in [4.78, 5) is 3.75. The van der Waals surface area contributed by atoms with Gasteiger partial charge >= 0.3 is 0 Å². The van der Waals surface area contributed by atoms with Crippen molar-refractivity contribution >= 4 is 12.3 Å². The lowest BCUT2D eigenvalue weighted by Crippen LogP contribution is -2.22. The van der Waals surface area contributed by atoms with Gasteiger partial charge in [0, 0.05) is 5.57 Å². The van der Waals surface area contributed by atoms with Gasteiger partial charge in [0.05, 0.1) is 0 Å². The summed E-state index contributed by atoms with van der Waals surface area (Å²) in [6.07, 6.45) is 1.82. The van der Waals surface area contributed by atoms with Gasteiger partial charge in [-0.15, -0.1) is 0 Å². The van der Waals surface area contributed by atoms with E-state index in [1.54, 1.807) is 6.92 Å². The van der Waals surface area contributed by atoms with Gasteiger partial charge in [-0.05, 0) is 26.1 Å². The maximum atomic E-state index is 10.1. The molecule has 1 aromatic carbocycles. The van der Waals surface area contributed by atoms with Crippen molar-refractivity contribution in [3.8, 4) is 0 Å². The Balaban J connectivity index is 3.28. The van der Waals surface area contributed by atoms with Gasteiger partial charge in [-0.2, -0.15) is 0 Å². The summed E-state index contributed by atoms with van der Waals surface area (Å²) in [5, 5.41) is 10.1. The summed E-state index contributed by atoms with van der Waals surface area (Å²) in [5.41, 5.74) is 1.20. The monoisotopic (exact) mass is 215 g/mol. The maximum absolute atomic E-state index is 10.1. The van der Waals surface area contributed by atoms with Crippen LogP contribution in [0.3, 0.4) is 0 Å². The van der Waals surface area contributed by atoms with Crippen LogP contribution in [0.25, 0.3) is 5.57 Å². The van der Waals surface area contributed by atoms with Gasteiger partial charge in [-0.1, -0.05) is 48.6 Å². The molecule has 84 valence electrons. The lowest BCUT2D eigenvalue weighted by atomic mass is 9.95. The minimum atomic E-state index is -1.29. The third-order valence-electron chi connectivity index (χ3n) is 2.29. The van der Waals surface area contributed by atoms with Crippen LogP contribution in [0.15, 0.2) is 53.6 Å².